The Hall–Kier alpha value is -0.860. The average Bonchev–Trinajstić information content (AvgIpc) is 2.79. The van der Waals surface area contributed by atoms with E-state index < -0.39 is 24.6 Å². The second kappa shape index (κ2) is 6.28. The van der Waals surface area contributed by atoms with Crippen molar-refractivity contribution >= 4 is 5.97 Å². The minimum atomic E-state index is -4.73. The molecule has 2 fully saturated rings. The predicted octanol–water partition coefficient (Wildman–Crippen LogP) is 0.702. The molecule has 2 aliphatic heterocycles. The summed E-state index contributed by atoms with van der Waals surface area (Å²) in [6.07, 6.45) is -2.67. The lowest BCUT2D eigenvalue weighted by molar-refractivity contribution is -0.192. The number of nitrogens with zero attached hydrogens (tertiary/aromatic N) is 1. The summed E-state index contributed by atoms with van der Waals surface area (Å²) >= 11 is 0. The average molecular weight is 296 g/mol. The van der Waals surface area contributed by atoms with Crippen molar-refractivity contribution in [1.29, 1.82) is 0 Å². The molecule has 2 heterocycles. The first-order chi connectivity index (χ1) is 9.38. The summed E-state index contributed by atoms with van der Waals surface area (Å²) in [5.41, 5.74) is 0. The molecule has 3 unspecified atom stereocenters. The number of carbonyl (C=O) groups is 1. The maximum atomic E-state index is 12.5. The molecule has 3 atom stereocenters. The van der Waals surface area contributed by atoms with Crippen LogP contribution in [-0.2, 0) is 9.53 Å². The number of fused-ring (bicyclic) bond motifs is 1. The van der Waals surface area contributed by atoms with Crippen molar-refractivity contribution in [2.24, 2.45) is 5.92 Å². The van der Waals surface area contributed by atoms with Crippen molar-refractivity contribution in [3.8, 4) is 0 Å². The van der Waals surface area contributed by atoms with Gasteiger partial charge in [0, 0.05) is 25.7 Å². The molecular formula is C12H19F3N2O3. The van der Waals surface area contributed by atoms with Gasteiger partial charge in [-0.05, 0) is 19.4 Å². The van der Waals surface area contributed by atoms with Gasteiger partial charge in [0.15, 0.2) is 5.92 Å². The third kappa shape index (κ3) is 3.83. The van der Waals surface area contributed by atoms with E-state index in [4.69, 9.17) is 9.84 Å². The van der Waals surface area contributed by atoms with Crippen LogP contribution in [0.25, 0.3) is 0 Å². The maximum Gasteiger partial charge on any atom is 0.403 e. The van der Waals surface area contributed by atoms with Crippen LogP contribution in [0.15, 0.2) is 0 Å². The topological polar surface area (TPSA) is 61.8 Å². The molecule has 5 nitrogen and oxygen atoms in total. The Morgan fingerprint density at radius 1 is 1.50 bits per heavy atom. The quantitative estimate of drug-likeness (QED) is 0.782. The zero-order valence-corrected chi connectivity index (χ0v) is 11.0. The number of carboxylic acid groups (broad SMARTS) is 1. The van der Waals surface area contributed by atoms with E-state index in [2.05, 4.69) is 10.2 Å². The van der Waals surface area contributed by atoms with Crippen LogP contribution in [0.4, 0.5) is 13.2 Å². The SMILES string of the molecule is O=C(O)C(CNCC1CN2CCCC2CO1)C(F)(F)F. The lowest BCUT2D eigenvalue weighted by Gasteiger charge is -2.35. The Balaban J connectivity index is 1.74. The first-order valence-electron chi connectivity index (χ1n) is 6.74. The second-order valence-corrected chi connectivity index (χ2v) is 5.34. The molecule has 0 bridgehead atoms. The number of alkyl halides is 3. The van der Waals surface area contributed by atoms with Gasteiger partial charge in [0.2, 0.25) is 0 Å². The summed E-state index contributed by atoms with van der Waals surface area (Å²) in [6.45, 7) is 1.92. The van der Waals surface area contributed by atoms with Crippen LogP contribution in [-0.4, -0.2) is 67.1 Å². The Labute approximate surface area is 115 Å². The van der Waals surface area contributed by atoms with Crippen LogP contribution in [0.3, 0.4) is 0 Å². The van der Waals surface area contributed by atoms with Crippen LogP contribution in [0, 0.1) is 5.92 Å². The zero-order chi connectivity index (χ0) is 14.8. The molecule has 0 saturated carbocycles. The lowest BCUT2D eigenvalue weighted by Crippen LogP contribution is -2.50. The van der Waals surface area contributed by atoms with Gasteiger partial charge in [-0.2, -0.15) is 13.2 Å². The summed E-state index contributed by atoms with van der Waals surface area (Å²) in [6, 6.07) is 0.438. The predicted molar refractivity (Wildman–Crippen MR) is 64.4 cm³/mol. The van der Waals surface area contributed by atoms with Crippen LogP contribution in [0.2, 0.25) is 0 Å². The molecule has 0 aromatic rings. The first kappa shape index (κ1) is 15.5. The van der Waals surface area contributed by atoms with Gasteiger partial charge in [-0.25, -0.2) is 0 Å². The largest absolute Gasteiger partial charge is 0.481 e. The molecule has 2 rings (SSSR count). The Kier molecular flexibility index (Phi) is 4.87. The van der Waals surface area contributed by atoms with Crippen molar-refractivity contribution in [3.05, 3.63) is 0 Å². The van der Waals surface area contributed by atoms with E-state index in [1.807, 2.05) is 0 Å². The maximum absolute atomic E-state index is 12.5. The highest BCUT2D eigenvalue weighted by Gasteiger charge is 2.44. The van der Waals surface area contributed by atoms with Gasteiger partial charge in [0.05, 0.1) is 12.7 Å². The van der Waals surface area contributed by atoms with E-state index in [9.17, 15) is 18.0 Å². The van der Waals surface area contributed by atoms with Gasteiger partial charge < -0.3 is 15.2 Å². The number of halogens is 3. The number of ether oxygens (including phenoxy) is 1. The van der Waals surface area contributed by atoms with Crippen LogP contribution < -0.4 is 5.32 Å². The van der Waals surface area contributed by atoms with E-state index >= 15 is 0 Å². The highest BCUT2D eigenvalue weighted by atomic mass is 19.4. The number of carboxylic acids is 1. The van der Waals surface area contributed by atoms with E-state index in [1.54, 1.807) is 0 Å². The molecule has 0 amide bonds. The molecule has 8 heteroatoms. The fourth-order valence-electron chi connectivity index (χ4n) is 2.74. The van der Waals surface area contributed by atoms with Crippen molar-refractivity contribution in [2.45, 2.75) is 31.2 Å². The zero-order valence-electron chi connectivity index (χ0n) is 11.0. The lowest BCUT2D eigenvalue weighted by atomic mass is 10.1. The molecule has 0 aromatic heterocycles. The van der Waals surface area contributed by atoms with E-state index in [1.165, 1.54) is 0 Å². The molecular weight excluding hydrogens is 277 g/mol. The highest BCUT2D eigenvalue weighted by molar-refractivity contribution is 5.71. The fraction of sp³-hybridized carbons (Fsp3) is 0.917. The summed E-state index contributed by atoms with van der Waals surface area (Å²) in [5.74, 6) is -4.22. The van der Waals surface area contributed by atoms with Gasteiger partial charge in [0.1, 0.15) is 0 Å². The smallest absolute Gasteiger partial charge is 0.403 e. The summed E-state index contributed by atoms with van der Waals surface area (Å²) in [5, 5.41) is 11.1. The third-order valence-electron chi connectivity index (χ3n) is 3.88. The number of hydrogen-bond acceptors (Lipinski definition) is 4. The molecule has 0 aromatic carbocycles. The van der Waals surface area contributed by atoms with Gasteiger partial charge >= 0.3 is 12.1 Å². The second-order valence-electron chi connectivity index (χ2n) is 5.34. The molecule has 2 saturated heterocycles. The Bertz CT molecular complexity index is 351. The van der Waals surface area contributed by atoms with Crippen molar-refractivity contribution in [1.82, 2.24) is 10.2 Å². The number of aliphatic carboxylic acids is 1. The normalized spacial score (nSPS) is 29.1. The molecule has 2 N–H and O–H groups in total. The van der Waals surface area contributed by atoms with Crippen LogP contribution >= 0.6 is 0 Å². The standard InChI is InChI=1S/C12H19F3N2O3/c13-12(14,15)10(11(18)19)5-16-4-9-6-17-3-1-2-8(17)7-20-9/h8-10,16H,1-7H2,(H,18,19). The molecule has 2 aliphatic rings. The summed E-state index contributed by atoms with van der Waals surface area (Å²) in [4.78, 5) is 12.9. The van der Waals surface area contributed by atoms with Crippen LogP contribution in [0.1, 0.15) is 12.8 Å². The summed E-state index contributed by atoms with van der Waals surface area (Å²) < 4.78 is 42.9. The monoisotopic (exact) mass is 296 g/mol. The molecule has 0 radical (unpaired) electrons. The van der Waals surface area contributed by atoms with Crippen molar-refractivity contribution < 1.29 is 27.8 Å². The molecule has 0 aliphatic carbocycles. The van der Waals surface area contributed by atoms with Gasteiger partial charge in [-0.15, -0.1) is 0 Å². The van der Waals surface area contributed by atoms with Gasteiger partial charge in [-0.3, -0.25) is 9.69 Å². The van der Waals surface area contributed by atoms with Gasteiger partial charge in [-0.1, -0.05) is 0 Å². The number of rotatable bonds is 5. The van der Waals surface area contributed by atoms with Crippen LogP contribution in [0.5, 0.6) is 0 Å². The number of nitrogens with one attached hydrogen (secondary N) is 1. The van der Waals surface area contributed by atoms with E-state index in [0.717, 1.165) is 19.4 Å². The third-order valence-corrected chi connectivity index (χ3v) is 3.88. The molecule has 116 valence electrons. The number of morpholine rings is 1. The summed E-state index contributed by atoms with van der Waals surface area (Å²) in [7, 11) is 0. The van der Waals surface area contributed by atoms with Gasteiger partial charge in [0.25, 0.3) is 0 Å². The number of hydrogen-bond donors (Lipinski definition) is 2. The Morgan fingerprint density at radius 2 is 2.25 bits per heavy atom. The first-order valence-corrected chi connectivity index (χ1v) is 6.74. The molecule has 0 spiro atoms. The van der Waals surface area contributed by atoms with Crippen molar-refractivity contribution in [3.63, 3.8) is 0 Å². The fourth-order valence-corrected chi connectivity index (χ4v) is 2.74. The van der Waals surface area contributed by atoms with E-state index in [-0.39, 0.29) is 12.6 Å². The van der Waals surface area contributed by atoms with E-state index in [0.29, 0.717) is 19.2 Å². The molecule has 20 heavy (non-hydrogen) atoms. The minimum absolute atomic E-state index is 0.174. The Morgan fingerprint density at radius 3 is 2.90 bits per heavy atom. The van der Waals surface area contributed by atoms with Crippen molar-refractivity contribution in [2.75, 3.05) is 32.8 Å². The highest BCUT2D eigenvalue weighted by Crippen LogP contribution is 2.26. The minimum Gasteiger partial charge on any atom is -0.481 e.